The minimum atomic E-state index is 0.354. The second-order valence-electron chi connectivity index (χ2n) is 5.30. The molecule has 4 heteroatoms. The van der Waals surface area contributed by atoms with E-state index in [4.69, 9.17) is 0 Å². The molecule has 0 radical (unpaired) electrons. The van der Waals surface area contributed by atoms with Crippen LogP contribution in [0.3, 0.4) is 0 Å². The first-order valence-corrected chi connectivity index (χ1v) is 7.18. The van der Waals surface area contributed by atoms with Crippen LogP contribution in [0, 0.1) is 0 Å². The first-order valence-electron chi connectivity index (χ1n) is 7.18. The number of hydrogen-bond donors (Lipinski definition) is 1. The number of hydrogen-bond acceptors (Lipinski definition) is 3. The Morgan fingerprint density at radius 3 is 2.72 bits per heavy atom. The van der Waals surface area contributed by atoms with Crippen molar-refractivity contribution in [2.75, 3.05) is 6.54 Å². The van der Waals surface area contributed by atoms with Crippen LogP contribution in [0.25, 0.3) is 0 Å². The van der Waals surface area contributed by atoms with Crippen LogP contribution in [0.4, 0.5) is 0 Å². The van der Waals surface area contributed by atoms with Crippen LogP contribution in [0.5, 0.6) is 5.88 Å². The molecule has 1 N–H and O–H groups in total. The van der Waals surface area contributed by atoms with Gasteiger partial charge in [-0.15, -0.1) is 0 Å². The quantitative estimate of drug-likeness (QED) is 0.829. The number of fused-ring (bicyclic) bond motifs is 1. The first-order chi connectivity index (χ1) is 8.86. The molecule has 4 nitrogen and oxygen atoms in total. The van der Waals surface area contributed by atoms with Gasteiger partial charge in [-0.1, -0.05) is 12.8 Å². The Morgan fingerprint density at radius 2 is 1.78 bits per heavy atom. The molecule has 0 unspecified atom stereocenters. The summed E-state index contributed by atoms with van der Waals surface area (Å²) >= 11 is 0. The molecule has 0 bridgehead atoms. The molecule has 0 atom stereocenters. The fourth-order valence-corrected chi connectivity index (χ4v) is 2.91. The lowest BCUT2D eigenvalue weighted by atomic mass is 10.1. The maximum atomic E-state index is 10.4. The third-order valence-electron chi connectivity index (χ3n) is 3.95. The fourth-order valence-electron chi connectivity index (χ4n) is 2.91. The highest BCUT2D eigenvalue weighted by Crippen LogP contribution is 2.26. The van der Waals surface area contributed by atoms with Crippen molar-refractivity contribution in [2.24, 2.45) is 4.99 Å². The normalized spacial score (nSPS) is 20.8. The topological polar surface area (TPSA) is 50.4 Å². The molecule has 0 spiro atoms. The van der Waals surface area contributed by atoms with E-state index in [0.29, 0.717) is 5.88 Å². The number of aryl methyl sites for hydroxylation is 1. The maximum absolute atomic E-state index is 10.4. The van der Waals surface area contributed by atoms with Gasteiger partial charge in [0.05, 0.1) is 5.71 Å². The SMILES string of the molecule is Oc1c(C2=NCCCCC2)nc2n1CCCCC2. The fraction of sp³-hybridized carbons (Fsp3) is 0.714. The van der Waals surface area contributed by atoms with Crippen LogP contribution < -0.4 is 0 Å². The molecule has 1 aromatic rings. The van der Waals surface area contributed by atoms with Gasteiger partial charge < -0.3 is 5.11 Å². The van der Waals surface area contributed by atoms with E-state index >= 15 is 0 Å². The molecular formula is C14H21N3O. The van der Waals surface area contributed by atoms with E-state index in [0.717, 1.165) is 56.0 Å². The Kier molecular flexibility index (Phi) is 3.35. The molecule has 0 aliphatic carbocycles. The predicted molar refractivity (Wildman–Crippen MR) is 71.3 cm³/mol. The van der Waals surface area contributed by atoms with Gasteiger partial charge >= 0.3 is 0 Å². The minimum absolute atomic E-state index is 0.354. The highest BCUT2D eigenvalue weighted by atomic mass is 16.3. The van der Waals surface area contributed by atoms with E-state index in [-0.39, 0.29) is 0 Å². The molecule has 0 fully saturated rings. The molecule has 2 aliphatic rings. The zero-order valence-corrected chi connectivity index (χ0v) is 10.9. The van der Waals surface area contributed by atoms with Gasteiger partial charge in [-0.3, -0.25) is 9.56 Å². The molecule has 98 valence electrons. The van der Waals surface area contributed by atoms with Gasteiger partial charge in [0.15, 0.2) is 0 Å². The summed E-state index contributed by atoms with van der Waals surface area (Å²) in [7, 11) is 0. The van der Waals surface area contributed by atoms with Gasteiger partial charge in [0.2, 0.25) is 5.88 Å². The number of imidazole rings is 1. The number of aliphatic imine (C=N–C) groups is 1. The second kappa shape index (κ2) is 5.12. The van der Waals surface area contributed by atoms with Crippen molar-refractivity contribution in [3.05, 3.63) is 11.5 Å². The average Bonchev–Trinajstić information content (AvgIpc) is 2.66. The Hall–Kier alpha value is -1.32. The van der Waals surface area contributed by atoms with Gasteiger partial charge in [0.1, 0.15) is 11.5 Å². The van der Waals surface area contributed by atoms with Crippen molar-refractivity contribution in [2.45, 2.75) is 57.9 Å². The molecule has 0 saturated carbocycles. The van der Waals surface area contributed by atoms with E-state index < -0.39 is 0 Å². The summed E-state index contributed by atoms with van der Waals surface area (Å²) in [5.41, 5.74) is 1.78. The molecule has 1 aromatic heterocycles. The summed E-state index contributed by atoms with van der Waals surface area (Å²) in [5.74, 6) is 1.40. The summed E-state index contributed by atoms with van der Waals surface area (Å²) in [4.78, 5) is 9.26. The lowest BCUT2D eigenvalue weighted by Crippen LogP contribution is -2.02. The molecule has 3 heterocycles. The van der Waals surface area contributed by atoms with Gasteiger partial charge in [-0.2, -0.15) is 0 Å². The van der Waals surface area contributed by atoms with E-state index in [9.17, 15) is 5.11 Å². The van der Waals surface area contributed by atoms with Crippen LogP contribution in [-0.4, -0.2) is 26.9 Å². The zero-order valence-electron chi connectivity index (χ0n) is 10.9. The highest BCUT2D eigenvalue weighted by molar-refractivity contribution is 6.01. The molecule has 2 aliphatic heterocycles. The summed E-state index contributed by atoms with van der Waals surface area (Å²) in [6, 6.07) is 0. The summed E-state index contributed by atoms with van der Waals surface area (Å²) in [6.45, 7) is 1.79. The first kappa shape index (κ1) is 11.8. The molecule has 0 amide bonds. The number of rotatable bonds is 1. The van der Waals surface area contributed by atoms with Gasteiger partial charge in [0, 0.05) is 19.5 Å². The lowest BCUT2D eigenvalue weighted by molar-refractivity contribution is 0.411. The molecular weight excluding hydrogens is 226 g/mol. The summed E-state index contributed by atoms with van der Waals surface area (Å²) in [5, 5.41) is 10.4. The van der Waals surface area contributed by atoms with Crippen LogP contribution >= 0.6 is 0 Å². The van der Waals surface area contributed by atoms with Gasteiger partial charge in [-0.05, 0) is 32.1 Å². The van der Waals surface area contributed by atoms with E-state index in [2.05, 4.69) is 9.98 Å². The number of aromatic hydroxyl groups is 1. The Balaban J connectivity index is 1.95. The van der Waals surface area contributed by atoms with Crippen molar-refractivity contribution in [1.29, 1.82) is 0 Å². The largest absolute Gasteiger partial charge is 0.493 e. The number of nitrogens with zero attached hydrogens (tertiary/aromatic N) is 3. The van der Waals surface area contributed by atoms with Gasteiger partial charge in [0.25, 0.3) is 0 Å². The predicted octanol–water partition coefficient (Wildman–Crippen LogP) is 2.68. The maximum Gasteiger partial charge on any atom is 0.220 e. The van der Waals surface area contributed by atoms with E-state index in [1.807, 2.05) is 4.57 Å². The van der Waals surface area contributed by atoms with Crippen molar-refractivity contribution in [1.82, 2.24) is 9.55 Å². The highest BCUT2D eigenvalue weighted by Gasteiger charge is 2.21. The molecule has 3 rings (SSSR count). The average molecular weight is 247 g/mol. The van der Waals surface area contributed by atoms with Crippen molar-refractivity contribution >= 4 is 5.71 Å². The lowest BCUT2D eigenvalue weighted by Gasteiger charge is -2.04. The molecule has 18 heavy (non-hydrogen) atoms. The van der Waals surface area contributed by atoms with Crippen LogP contribution in [-0.2, 0) is 13.0 Å². The van der Waals surface area contributed by atoms with Crippen molar-refractivity contribution in [3.8, 4) is 5.88 Å². The van der Waals surface area contributed by atoms with Crippen molar-refractivity contribution < 1.29 is 5.11 Å². The Bertz CT molecular complexity index is 462. The van der Waals surface area contributed by atoms with Crippen molar-refractivity contribution in [3.63, 3.8) is 0 Å². The minimum Gasteiger partial charge on any atom is -0.493 e. The summed E-state index contributed by atoms with van der Waals surface area (Å²) in [6.07, 6.45) is 9.08. The van der Waals surface area contributed by atoms with E-state index in [1.54, 1.807) is 0 Å². The van der Waals surface area contributed by atoms with Crippen LogP contribution in [0.2, 0.25) is 0 Å². The monoisotopic (exact) mass is 247 g/mol. The Labute approximate surface area is 108 Å². The van der Waals surface area contributed by atoms with Gasteiger partial charge in [-0.25, -0.2) is 4.98 Å². The Morgan fingerprint density at radius 1 is 0.944 bits per heavy atom. The smallest absolute Gasteiger partial charge is 0.220 e. The van der Waals surface area contributed by atoms with Crippen LogP contribution in [0.1, 0.15) is 56.5 Å². The van der Waals surface area contributed by atoms with E-state index in [1.165, 1.54) is 25.7 Å². The summed E-state index contributed by atoms with van der Waals surface area (Å²) < 4.78 is 2.00. The standard InChI is InChI=1S/C14H21N3O/c18-14-13(11-7-3-1-5-9-15-11)16-12-8-4-2-6-10-17(12)14/h18H,1-10H2. The molecule has 0 saturated heterocycles. The number of aromatic nitrogens is 2. The third-order valence-corrected chi connectivity index (χ3v) is 3.95. The second-order valence-corrected chi connectivity index (χ2v) is 5.30. The molecule has 0 aromatic carbocycles. The van der Waals surface area contributed by atoms with Crippen LogP contribution in [0.15, 0.2) is 4.99 Å². The third kappa shape index (κ3) is 2.16. The zero-order chi connectivity index (χ0) is 12.4.